The summed E-state index contributed by atoms with van der Waals surface area (Å²) in [7, 11) is 0. The van der Waals surface area contributed by atoms with Crippen LogP contribution in [0.25, 0.3) is 0 Å². The first-order chi connectivity index (χ1) is 16.0. The van der Waals surface area contributed by atoms with Crippen molar-refractivity contribution in [2.75, 3.05) is 19.0 Å². The van der Waals surface area contributed by atoms with Crippen molar-refractivity contribution in [3.63, 3.8) is 0 Å². The molecule has 4 nitrogen and oxygen atoms in total. The number of ether oxygens (including phenoxy) is 2. The summed E-state index contributed by atoms with van der Waals surface area (Å²) in [6, 6.07) is 8.70. The number of thioether (sulfide) groups is 1. The van der Waals surface area contributed by atoms with Crippen LogP contribution in [-0.2, 0) is 25.5 Å². The lowest BCUT2D eigenvalue weighted by molar-refractivity contribution is -0.139. The van der Waals surface area contributed by atoms with Crippen LogP contribution in [-0.4, -0.2) is 30.7 Å². The minimum atomic E-state index is -0.406. The molecule has 0 aliphatic heterocycles. The molecule has 1 heterocycles. The quantitative estimate of drug-likeness (QED) is 0.285. The minimum Gasteiger partial charge on any atom is -0.486 e. The largest absolute Gasteiger partial charge is 0.486 e. The molecule has 6 heteroatoms. The second-order valence-electron chi connectivity index (χ2n) is 9.75. The zero-order valence-corrected chi connectivity index (χ0v) is 23.6. The van der Waals surface area contributed by atoms with Crippen LogP contribution in [0.5, 0.6) is 5.75 Å². The lowest BCUT2D eigenvalue weighted by Gasteiger charge is -2.32. The molecule has 0 amide bonds. The third kappa shape index (κ3) is 6.88. The summed E-state index contributed by atoms with van der Waals surface area (Å²) < 4.78 is 10.9. The number of benzene rings is 1. The van der Waals surface area contributed by atoms with Crippen LogP contribution in [0, 0.1) is 19.3 Å². The third-order valence-electron chi connectivity index (χ3n) is 6.38. The maximum Gasteiger partial charge on any atom is 0.315 e. The molecule has 0 aliphatic rings. The third-order valence-corrected chi connectivity index (χ3v) is 8.94. The van der Waals surface area contributed by atoms with Gasteiger partial charge in [0.15, 0.2) is 5.78 Å². The fraction of sp³-hybridized carbons (Fsp3) is 0.571. The van der Waals surface area contributed by atoms with Crippen molar-refractivity contribution in [1.82, 2.24) is 0 Å². The summed E-state index contributed by atoms with van der Waals surface area (Å²) in [5.41, 5.74) is 3.11. The van der Waals surface area contributed by atoms with Crippen molar-refractivity contribution in [2.45, 2.75) is 79.4 Å². The molecule has 2 rings (SSSR count). The molecule has 0 unspecified atom stereocenters. The molecule has 0 radical (unpaired) electrons. The summed E-state index contributed by atoms with van der Waals surface area (Å²) in [6.07, 6.45) is 1.97. The second-order valence-corrected chi connectivity index (χ2v) is 11.9. The van der Waals surface area contributed by atoms with Gasteiger partial charge in [0.05, 0.1) is 12.4 Å². The first-order valence-electron chi connectivity index (χ1n) is 12.1. The fourth-order valence-corrected chi connectivity index (χ4v) is 6.52. The molecule has 0 fully saturated rings. The molecular formula is C28H40O4S2. The number of carbonyl (C=O) groups excluding carboxylic acids is 2. The molecule has 0 aliphatic carbocycles. The number of Topliss-reactive ketones (excluding diaryl/α,β-unsaturated/α-hetero) is 1. The number of hydrogen-bond acceptors (Lipinski definition) is 6. The van der Waals surface area contributed by atoms with E-state index in [0.29, 0.717) is 12.4 Å². The van der Waals surface area contributed by atoms with E-state index in [0.717, 1.165) is 29.9 Å². The first kappa shape index (κ1) is 28.4. The van der Waals surface area contributed by atoms with Gasteiger partial charge in [-0.1, -0.05) is 46.8 Å². The lowest BCUT2D eigenvalue weighted by atomic mass is 9.74. The zero-order valence-electron chi connectivity index (χ0n) is 22.0. The average molecular weight is 505 g/mol. The standard InChI is InChI=1S/C28H40O4S2/c1-9-28(10-2,25-15-20(5)23(34-25)17-33-18-26(30)31-11-3)21-12-13-22(19(4)14-21)32-16-24(29)27(6,7)8/h12-15H,9-11,16-18H2,1-8H3. The van der Waals surface area contributed by atoms with Crippen molar-refractivity contribution < 1.29 is 19.1 Å². The molecular weight excluding hydrogens is 464 g/mol. The molecule has 0 saturated heterocycles. The smallest absolute Gasteiger partial charge is 0.315 e. The Morgan fingerprint density at radius 1 is 1.00 bits per heavy atom. The Balaban J connectivity index is 2.25. The van der Waals surface area contributed by atoms with Crippen LogP contribution in [0.15, 0.2) is 24.3 Å². The molecule has 0 bridgehead atoms. The van der Waals surface area contributed by atoms with Gasteiger partial charge in [0.2, 0.25) is 0 Å². The molecule has 2 aromatic rings. The van der Waals surface area contributed by atoms with Crippen molar-refractivity contribution in [1.29, 1.82) is 0 Å². The first-order valence-corrected chi connectivity index (χ1v) is 14.1. The van der Waals surface area contributed by atoms with E-state index in [2.05, 4.69) is 39.0 Å². The van der Waals surface area contributed by atoms with Gasteiger partial charge in [-0.05, 0) is 62.4 Å². The summed E-state index contributed by atoms with van der Waals surface area (Å²) in [6.45, 7) is 16.8. The van der Waals surface area contributed by atoms with E-state index >= 15 is 0 Å². The van der Waals surface area contributed by atoms with Crippen molar-refractivity contribution in [3.8, 4) is 5.75 Å². The van der Waals surface area contributed by atoms with Gasteiger partial charge >= 0.3 is 5.97 Å². The Morgan fingerprint density at radius 3 is 2.24 bits per heavy atom. The summed E-state index contributed by atoms with van der Waals surface area (Å²) in [5, 5.41) is 0. The Morgan fingerprint density at radius 2 is 1.68 bits per heavy atom. The zero-order chi connectivity index (χ0) is 25.5. The highest BCUT2D eigenvalue weighted by atomic mass is 32.2. The number of hydrogen-bond donors (Lipinski definition) is 0. The number of ketones is 1. The fourth-order valence-electron chi connectivity index (χ4n) is 3.95. The number of thiophene rings is 1. The second kappa shape index (κ2) is 12.3. The van der Waals surface area contributed by atoms with Crippen molar-refractivity contribution in [2.24, 2.45) is 5.41 Å². The van der Waals surface area contributed by atoms with Crippen LogP contribution in [0.2, 0.25) is 0 Å². The van der Waals surface area contributed by atoms with Gasteiger partial charge < -0.3 is 9.47 Å². The topological polar surface area (TPSA) is 52.6 Å². The van der Waals surface area contributed by atoms with Gasteiger partial charge in [-0.15, -0.1) is 23.1 Å². The molecule has 1 aromatic carbocycles. The van der Waals surface area contributed by atoms with Gasteiger partial charge in [-0.2, -0.15) is 0 Å². The Kier molecular flexibility index (Phi) is 10.3. The highest BCUT2D eigenvalue weighted by Crippen LogP contribution is 2.44. The van der Waals surface area contributed by atoms with Crippen molar-refractivity contribution >= 4 is 34.9 Å². The molecule has 0 spiro atoms. The SMILES string of the molecule is CCOC(=O)CSCc1sc(C(CC)(CC)c2ccc(OCC(=O)C(C)(C)C)c(C)c2)cc1C. The number of aryl methyl sites for hydroxylation is 2. The van der Waals surface area contributed by atoms with Gasteiger partial charge in [0, 0.05) is 26.3 Å². The Hall–Kier alpha value is -1.79. The molecule has 0 saturated carbocycles. The van der Waals surface area contributed by atoms with Crippen LogP contribution >= 0.6 is 23.1 Å². The number of carbonyl (C=O) groups is 2. The minimum absolute atomic E-state index is 0.0794. The predicted octanol–water partition coefficient (Wildman–Crippen LogP) is 7.26. The van der Waals surface area contributed by atoms with Crippen LogP contribution in [0.1, 0.15) is 80.8 Å². The Bertz CT molecular complexity index is 981. The highest BCUT2D eigenvalue weighted by molar-refractivity contribution is 7.99. The monoisotopic (exact) mass is 504 g/mol. The van der Waals surface area contributed by atoms with Crippen molar-refractivity contribution in [3.05, 3.63) is 50.7 Å². The molecule has 34 heavy (non-hydrogen) atoms. The van der Waals surface area contributed by atoms with E-state index in [4.69, 9.17) is 9.47 Å². The van der Waals surface area contributed by atoms with Gasteiger partial charge in [-0.25, -0.2) is 0 Å². The molecule has 1 aromatic heterocycles. The normalized spacial score (nSPS) is 12.0. The summed E-state index contributed by atoms with van der Waals surface area (Å²) in [5.74, 6) is 1.90. The maximum absolute atomic E-state index is 12.3. The average Bonchev–Trinajstić information content (AvgIpc) is 3.14. The number of rotatable bonds is 12. The van der Waals surface area contributed by atoms with Crippen LogP contribution < -0.4 is 4.74 Å². The highest BCUT2D eigenvalue weighted by Gasteiger charge is 2.33. The van der Waals surface area contributed by atoms with Gasteiger partial charge in [0.1, 0.15) is 12.4 Å². The maximum atomic E-state index is 12.3. The summed E-state index contributed by atoms with van der Waals surface area (Å²) >= 11 is 3.46. The van der Waals surface area contributed by atoms with Gasteiger partial charge in [0.25, 0.3) is 0 Å². The Labute approximate surface area is 213 Å². The van der Waals surface area contributed by atoms with E-state index in [1.807, 2.05) is 52.0 Å². The molecule has 188 valence electrons. The van der Waals surface area contributed by atoms with E-state index in [1.165, 1.54) is 20.9 Å². The van der Waals surface area contributed by atoms with E-state index in [1.54, 1.807) is 11.8 Å². The van der Waals surface area contributed by atoms with E-state index in [9.17, 15) is 9.59 Å². The summed E-state index contributed by atoms with van der Waals surface area (Å²) in [4.78, 5) is 26.6. The van der Waals surface area contributed by atoms with E-state index in [-0.39, 0.29) is 23.8 Å². The molecule has 0 N–H and O–H groups in total. The van der Waals surface area contributed by atoms with E-state index < -0.39 is 5.41 Å². The molecule has 0 atom stereocenters. The number of esters is 1. The predicted molar refractivity (Wildman–Crippen MR) is 144 cm³/mol. The lowest BCUT2D eigenvalue weighted by Crippen LogP contribution is -2.27. The van der Waals surface area contributed by atoms with Crippen LogP contribution in [0.4, 0.5) is 0 Å². The van der Waals surface area contributed by atoms with Gasteiger partial charge in [-0.3, -0.25) is 9.59 Å². The van der Waals surface area contributed by atoms with Crippen LogP contribution in [0.3, 0.4) is 0 Å².